The van der Waals surface area contributed by atoms with Crippen LogP contribution in [0.3, 0.4) is 0 Å². The zero-order chi connectivity index (χ0) is 18.9. The minimum absolute atomic E-state index is 0.0721. The monoisotopic (exact) mass is 357 g/mol. The summed E-state index contributed by atoms with van der Waals surface area (Å²) in [6.07, 6.45) is 0.526. The van der Waals surface area contributed by atoms with Gasteiger partial charge in [-0.2, -0.15) is 0 Å². The maximum absolute atomic E-state index is 12.0. The summed E-state index contributed by atoms with van der Waals surface area (Å²) < 4.78 is 11.0. The number of anilines is 1. The van der Waals surface area contributed by atoms with Crippen LogP contribution >= 0.6 is 0 Å². The van der Waals surface area contributed by atoms with E-state index in [0.29, 0.717) is 30.2 Å². The quantitative estimate of drug-likeness (QED) is 0.670. The van der Waals surface area contributed by atoms with Crippen LogP contribution in [0.2, 0.25) is 0 Å². The highest BCUT2D eigenvalue weighted by Gasteiger charge is 2.06. The predicted octanol–water partition coefficient (Wildman–Crippen LogP) is 3.56. The molecule has 0 aliphatic heterocycles. The summed E-state index contributed by atoms with van der Waals surface area (Å²) in [6.45, 7) is 4.21. The lowest BCUT2D eigenvalue weighted by Crippen LogP contribution is -2.20. The standard InChI is InChI=1S/C20H23NO5/c1-14-5-10-18(15(2)12-14)26-13-19(22)21-16-6-8-17(9-7-16)25-11-3-4-20(23)24/h5-10,12H,3-4,11,13H2,1-2H3,(H,21,22)(H,23,24). The number of nitrogens with one attached hydrogen (secondary N) is 1. The van der Waals surface area contributed by atoms with E-state index in [0.717, 1.165) is 11.1 Å². The van der Waals surface area contributed by atoms with E-state index in [1.54, 1.807) is 24.3 Å². The molecule has 0 heterocycles. The Morgan fingerprint density at radius 1 is 1.04 bits per heavy atom. The zero-order valence-corrected chi connectivity index (χ0v) is 15.0. The Balaban J connectivity index is 1.77. The smallest absolute Gasteiger partial charge is 0.303 e. The van der Waals surface area contributed by atoms with Crippen molar-refractivity contribution in [2.45, 2.75) is 26.7 Å². The highest BCUT2D eigenvalue weighted by atomic mass is 16.5. The molecule has 0 aromatic heterocycles. The minimum atomic E-state index is -0.838. The molecule has 0 saturated carbocycles. The van der Waals surface area contributed by atoms with Crippen molar-refractivity contribution in [2.75, 3.05) is 18.5 Å². The second-order valence-electron chi connectivity index (χ2n) is 5.98. The summed E-state index contributed by atoms with van der Waals surface area (Å²) in [5.74, 6) is 0.227. The van der Waals surface area contributed by atoms with Gasteiger partial charge in [0, 0.05) is 12.1 Å². The van der Waals surface area contributed by atoms with Gasteiger partial charge >= 0.3 is 5.97 Å². The molecule has 26 heavy (non-hydrogen) atoms. The van der Waals surface area contributed by atoms with Crippen LogP contribution in [0.25, 0.3) is 0 Å². The van der Waals surface area contributed by atoms with Gasteiger partial charge in [0.2, 0.25) is 0 Å². The Bertz CT molecular complexity index is 755. The van der Waals surface area contributed by atoms with Crippen LogP contribution in [0, 0.1) is 13.8 Å². The predicted molar refractivity (Wildman–Crippen MR) is 98.8 cm³/mol. The molecule has 0 fully saturated rings. The van der Waals surface area contributed by atoms with Gasteiger partial charge in [0.1, 0.15) is 11.5 Å². The number of aryl methyl sites for hydroxylation is 2. The van der Waals surface area contributed by atoms with Crippen molar-refractivity contribution in [1.82, 2.24) is 0 Å². The molecule has 2 N–H and O–H groups in total. The number of carbonyl (C=O) groups excluding carboxylic acids is 1. The van der Waals surface area contributed by atoms with Crippen molar-refractivity contribution in [1.29, 1.82) is 0 Å². The van der Waals surface area contributed by atoms with Crippen molar-refractivity contribution in [3.8, 4) is 11.5 Å². The lowest BCUT2D eigenvalue weighted by Gasteiger charge is -2.11. The Hall–Kier alpha value is -3.02. The Morgan fingerprint density at radius 3 is 2.42 bits per heavy atom. The minimum Gasteiger partial charge on any atom is -0.494 e. The fraction of sp³-hybridized carbons (Fsp3) is 0.300. The van der Waals surface area contributed by atoms with Crippen molar-refractivity contribution < 1.29 is 24.2 Å². The molecule has 1 amide bonds. The van der Waals surface area contributed by atoms with E-state index in [4.69, 9.17) is 14.6 Å². The number of ether oxygens (including phenoxy) is 2. The van der Waals surface area contributed by atoms with Gasteiger partial charge in [-0.05, 0) is 56.2 Å². The van der Waals surface area contributed by atoms with Crippen molar-refractivity contribution >= 4 is 17.6 Å². The summed E-state index contributed by atoms with van der Waals surface area (Å²) in [5, 5.41) is 11.3. The first-order valence-corrected chi connectivity index (χ1v) is 8.38. The van der Waals surface area contributed by atoms with E-state index < -0.39 is 5.97 Å². The molecule has 0 radical (unpaired) electrons. The third-order valence-electron chi connectivity index (χ3n) is 3.63. The van der Waals surface area contributed by atoms with Crippen LogP contribution in [0.4, 0.5) is 5.69 Å². The number of hydrogen-bond donors (Lipinski definition) is 2. The molecule has 2 aromatic carbocycles. The molecule has 2 aromatic rings. The lowest BCUT2D eigenvalue weighted by molar-refractivity contribution is -0.137. The average Bonchev–Trinajstić information content (AvgIpc) is 2.59. The number of hydrogen-bond acceptors (Lipinski definition) is 4. The van der Waals surface area contributed by atoms with Crippen molar-refractivity contribution in [3.05, 3.63) is 53.6 Å². The SMILES string of the molecule is Cc1ccc(OCC(=O)Nc2ccc(OCCCC(=O)O)cc2)c(C)c1. The number of rotatable bonds is 9. The molecular formula is C20H23NO5. The van der Waals surface area contributed by atoms with Crippen LogP contribution in [0.5, 0.6) is 11.5 Å². The molecular weight excluding hydrogens is 334 g/mol. The first-order chi connectivity index (χ1) is 12.4. The first kappa shape index (κ1) is 19.3. The van der Waals surface area contributed by atoms with Gasteiger partial charge < -0.3 is 19.9 Å². The molecule has 2 rings (SSSR count). The van der Waals surface area contributed by atoms with Crippen LogP contribution in [-0.2, 0) is 9.59 Å². The maximum atomic E-state index is 12.0. The van der Waals surface area contributed by atoms with Crippen LogP contribution < -0.4 is 14.8 Å². The van der Waals surface area contributed by atoms with E-state index >= 15 is 0 Å². The van der Waals surface area contributed by atoms with Crippen LogP contribution in [-0.4, -0.2) is 30.2 Å². The number of aliphatic carboxylic acids is 1. The number of amides is 1. The molecule has 6 nitrogen and oxygen atoms in total. The third kappa shape index (κ3) is 6.47. The first-order valence-electron chi connectivity index (χ1n) is 8.38. The van der Waals surface area contributed by atoms with Crippen molar-refractivity contribution in [2.24, 2.45) is 0 Å². The largest absolute Gasteiger partial charge is 0.494 e. The summed E-state index contributed by atoms with van der Waals surface area (Å²) in [6, 6.07) is 12.7. The second kappa shape index (κ2) is 9.46. The van der Waals surface area contributed by atoms with Crippen LogP contribution in [0.1, 0.15) is 24.0 Å². The van der Waals surface area contributed by atoms with Crippen LogP contribution in [0.15, 0.2) is 42.5 Å². The van der Waals surface area contributed by atoms with Gasteiger partial charge in [0.15, 0.2) is 6.61 Å². The molecule has 0 spiro atoms. The molecule has 0 saturated heterocycles. The fourth-order valence-corrected chi connectivity index (χ4v) is 2.35. The summed E-state index contributed by atoms with van der Waals surface area (Å²) in [5.41, 5.74) is 2.77. The van der Waals surface area contributed by atoms with E-state index in [1.165, 1.54) is 0 Å². The van der Waals surface area contributed by atoms with Gasteiger partial charge in [-0.25, -0.2) is 0 Å². The molecule has 0 aliphatic rings. The van der Waals surface area contributed by atoms with Gasteiger partial charge in [-0.15, -0.1) is 0 Å². The van der Waals surface area contributed by atoms with E-state index in [9.17, 15) is 9.59 Å². The highest BCUT2D eigenvalue weighted by molar-refractivity contribution is 5.91. The van der Waals surface area contributed by atoms with Crippen molar-refractivity contribution in [3.63, 3.8) is 0 Å². The molecule has 0 bridgehead atoms. The van der Waals surface area contributed by atoms with E-state index in [-0.39, 0.29) is 18.9 Å². The number of carboxylic acids is 1. The van der Waals surface area contributed by atoms with Gasteiger partial charge in [0.05, 0.1) is 6.61 Å². The Kier molecular flexibility index (Phi) is 7.02. The number of benzene rings is 2. The van der Waals surface area contributed by atoms with Gasteiger partial charge in [-0.3, -0.25) is 9.59 Å². The molecule has 0 unspecified atom stereocenters. The maximum Gasteiger partial charge on any atom is 0.303 e. The average molecular weight is 357 g/mol. The number of carboxylic acid groups (broad SMARTS) is 1. The summed E-state index contributed by atoms with van der Waals surface area (Å²) in [4.78, 5) is 22.4. The highest BCUT2D eigenvalue weighted by Crippen LogP contribution is 2.19. The molecule has 0 aliphatic carbocycles. The summed E-state index contributed by atoms with van der Waals surface area (Å²) in [7, 11) is 0. The second-order valence-corrected chi connectivity index (χ2v) is 5.98. The molecule has 6 heteroatoms. The fourth-order valence-electron chi connectivity index (χ4n) is 2.35. The molecule has 0 atom stereocenters. The number of carbonyl (C=O) groups is 2. The van der Waals surface area contributed by atoms with Gasteiger partial charge in [0.25, 0.3) is 5.91 Å². The Morgan fingerprint density at radius 2 is 1.77 bits per heavy atom. The normalized spacial score (nSPS) is 10.2. The van der Waals surface area contributed by atoms with Gasteiger partial charge in [-0.1, -0.05) is 17.7 Å². The molecule has 138 valence electrons. The van der Waals surface area contributed by atoms with E-state index in [2.05, 4.69) is 5.32 Å². The van der Waals surface area contributed by atoms with E-state index in [1.807, 2.05) is 32.0 Å². The topological polar surface area (TPSA) is 84.9 Å². The lowest BCUT2D eigenvalue weighted by atomic mass is 10.1. The zero-order valence-electron chi connectivity index (χ0n) is 15.0. The third-order valence-corrected chi connectivity index (χ3v) is 3.63. The summed E-state index contributed by atoms with van der Waals surface area (Å²) >= 11 is 0. The Labute approximate surface area is 152 Å².